The van der Waals surface area contributed by atoms with Crippen LogP contribution < -0.4 is 14.4 Å². The summed E-state index contributed by atoms with van der Waals surface area (Å²) in [6.07, 6.45) is 0. The molecule has 1 atom stereocenters. The number of hydrogen-bond acceptors (Lipinski definition) is 6. The van der Waals surface area contributed by atoms with Gasteiger partial charge in [0.1, 0.15) is 23.3 Å². The number of carbonyl (C=O) groups is 2. The molecule has 1 unspecified atom stereocenters. The second-order valence-corrected chi connectivity index (χ2v) is 8.18. The molecule has 2 aliphatic heterocycles. The number of aryl methyl sites for hydroxylation is 1. The molecule has 0 bridgehead atoms. The van der Waals surface area contributed by atoms with Gasteiger partial charge >= 0.3 is 0 Å². The van der Waals surface area contributed by atoms with E-state index < -0.39 is 17.7 Å². The van der Waals surface area contributed by atoms with Crippen LogP contribution in [0.4, 0.5) is 5.69 Å². The van der Waals surface area contributed by atoms with E-state index in [1.165, 1.54) is 4.90 Å². The van der Waals surface area contributed by atoms with Gasteiger partial charge in [0.25, 0.3) is 11.7 Å². The highest BCUT2D eigenvalue weighted by Crippen LogP contribution is 2.45. The number of aliphatic hydroxyl groups excluding tert-OH is 1. The number of hydrogen-bond donors (Lipinski definition) is 1. The number of fused-ring (bicyclic) bond motifs is 2. The summed E-state index contributed by atoms with van der Waals surface area (Å²) in [4.78, 5) is 28.0. The zero-order valence-corrected chi connectivity index (χ0v) is 18.1. The first-order valence-electron chi connectivity index (χ1n) is 10.8. The van der Waals surface area contributed by atoms with E-state index in [4.69, 9.17) is 13.9 Å². The highest BCUT2D eigenvalue weighted by Gasteiger charge is 2.48. The van der Waals surface area contributed by atoms with E-state index in [0.717, 1.165) is 10.8 Å². The maximum atomic E-state index is 13.4. The van der Waals surface area contributed by atoms with Crippen molar-refractivity contribution >= 4 is 33.9 Å². The van der Waals surface area contributed by atoms with E-state index in [1.807, 2.05) is 30.3 Å². The van der Waals surface area contributed by atoms with Crippen LogP contribution in [0.2, 0.25) is 0 Å². The molecule has 1 N–H and O–H groups in total. The van der Waals surface area contributed by atoms with Crippen molar-refractivity contribution in [2.45, 2.75) is 13.0 Å². The summed E-state index contributed by atoms with van der Waals surface area (Å²) in [5, 5.41) is 13.1. The molecule has 7 heteroatoms. The molecule has 4 aromatic rings. The Morgan fingerprint density at radius 2 is 1.74 bits per heavy atom. The highest BCUT2D eigenvalue weighted by atomic mass is 16.7. The summed E-state index contributed by atoms with van der Waals surface area (Å²) in [6, 6.07) is 20.5. The summed E-state index contributed by atoms with van der Waals surface area (Å²) in [6.45, 7) is 1.86. The van der Waals surface area contributed by atoms with Gasteiger partial charge in [0.15, 0.2) is 11.5 Å². The smallest absolute Gasteiger partial charge is 0.300 e. The van der Waals surface area contributed by atoms with Gasteiger partial charge < -0.3 is 19.0 Å². The van der Waals surface area contributed by atoms with Gasteiger partial charge in [0, 0.05) is 17.3 Å². The highest BCUT2D eigenvalue weighted by molar-refractivity contribution is 6.51. The lowest BCUT2D eigenvalue weighted by Crippen LogP contribution is -2.29. The molecule has 168 valence electrons. The van der Waals surface area contributed by atoms with Crippen molar-refractivity contribution in [3.63, 3.8) is 0 Å². The fourth-order valence-electron chi connectivity index (χ4n) is 4.58. The van der Waals surface area contributed by atoms with Crippen LogP contribution in [-0.2, 0) is 9.59 Å². The topological polar surface area (TPSA) is 89.2 Å². The van der Waals surface area contributed by atoms with Gasteiger partial charge in [-0.15, -0.1) is 0 Å². The average Bonchev–Trinajstić information content (AvgIpc) is 3.56. The summed E-state index contributed by atoms with van der Waals surface area (Å²) >= 11 is 0. The van der Waals surface area contributed by atoms with Crippen LogP contribution in [0.1, 0.15) is 23.1 Å². The number of Topliss-reactive ketones (excluding diaryl/α,β-unsaturated/α-hetero) is 1. The molecule has 0 saturated carbocycles. The molecule has 3 aromatic carbocycles. The molecule has 1 amide bonds. The molecule has 0 spiro atoms. The Labute approximate surface area is 194 Å². The van der Waals surface area contributed by atoms with E-state index >= 15 is 0 Å². The Morgan fingerprint density at radius 1 is 0.941 bits per heavy atom. The molecule has 0 radical (unpaired) electrons. The standard InChI is InChI=1S/C27H19NO6/c1-15-9-11-21(34-15)24-23(25(29)19-8-4-6-16-5-2-3-7-18(16)19)26(30)27(31)28(24)17-10-12-20-22(13-17)33-14-32-20/h2-13,24,29H,14H2,1H3/b25-23-. The first-order valence-corrected chi connectivity index (χ1v) is 10.8. The van der Waals surface area contributed by atoms with Crippen LogP contribution in [0.5, 0.6) is 11.5 Å². The van der Waals surface area contributed by atoms with E-state index in [2.05, 4.69) is 0 Å². The van der Waals surface area contributed by atoms with Crippen molar-refractivity contribution in [1.29, 1.82) is 0 Å². The summed E-state index contributed by atoms with van der Waals surface area (Å²) < 4.78 is 16.7. The van der Waals surface area contributed by atoms with E-state index in [9.17, 15) is 14.7 Å². The van der Waals surface area contributed by atoms with Gasteiger partial charge in [-0.2, -0.15) is 0 Å². The Morgan fingerprint density at radius 3 is 2.56 bits per heavy atom. The number of carbonyl (C=O) groups excluding carboxylic acids is 2. The maximum absolute atomic E-state index is 13.4. The third-order valence-corrected chi connectivity index (χ3v) is 6.15. The quantitative estimate of drug-likeness (QED) is 0.264. The number of amides is 1. The molecule has 0 aliphatic carbocycles. The van der Waals surface area contributed by atoms with Crippen LogP contribution in [0, 0.1) is 6.92 Å². The zero-order chi connectivity index (χ0) is 23.4. The van der Waals surface area contributed by atoms with Crippen molar-refractivity contribution < 1.29 is 28.6 Å². The van der Waals surface area contributed by atoms with Crippen LogP contribution >= 0.6 is 0 Å². The summed E-state index contributed by atoms with van der Waals surface area (Å²) in [7, 11) is 0. The predicted molar refractivity (Wildman–Crippen MR) is 125 cm³/mol. The maximum Gasteiger partial charge on any atom is 0.300 e. The van der Waals surface area contributed by atoms with Crippen molar-refractivity contribution in [2.75, 3.05) is 11.7 Å². The number of furan rings is 1. The Bertz CT molecular complexity index is 1510. The fourth-order valence-corrected chi connectivity index (χ4v) is 4.58. The van der Waals surface area contributed by atoms with Crippen molar-refractivity contribution in [1.82, 2.24) is 0 Å². The normalized spacial score (nSPS) is 18.7. The van der Waals surface area contributed by atoms with Gasteiger partial charge in [-0.1, -0.05) is 42.5 Å². The number of aliphatic hydroxyl groups is 1. The van der Waals surface area contributed by atoms with Crippen molar-refractivity contribution in [3.05, 3.63) is 95.5 Å². The minimum absolute atomic E-state index is 0.0339. The predicted octanol–water partition coefficient (Wildman–Crippen LogP) is 5.10. The molecule has 34 heavy (non-hydrogen) atoms. The number of benzene rings is 3. The van der Waals surface area contributed by atoms with E-state index in [1.54, 1.807) is 49.4 Å². The summed E-state index contributed by atoms with van der Waals surface area (Å²) in [5.74, 6) is 0.219. The fraction of sp³-hybridized carbons (Fsp3) is 0.111. The molecule has 1 aromatic heterocycles. The van der Waals surface area contributed by atoms with Crippen molar-refractivity contribution in [3.8, 4) is 11.5 Å². The SMILES string of the molecule is Cc1ccc(C2/C(=C(/O)c3cccc4ccccc34)C(=O)C(=O)N2c2ccc3c(c2)OCO3)o1. The van der Waals surface area contributed by atoms with Crippen molar-refractivity contribution in [2.24, 2.45) is 0 Å². The van der Waals surface area contributed by atoms with Gasteiger partial charge in [-0.05, 0) is 42.0 Å². The largest absolute Gasteiger partial charge is 0.507 e. The first-order chi connectivity index (χ1) is 16.5. The second kappa shape index (κ2) is 7.52. The number of ketones is 1. The minimum atomic E-state index is -0.951. The Kier molecular flexibility index (Phi) is 4.45. The van der Waals surface area contributed by atoms with Crippen LogP contribution in [0.15, 0.2) is 82.8 Å². The lowest BCUT2D eigenvalue weighted by atomic mass is 9.96. The molecule has 2 aliphatic rings. The third-order valence-electron chi connectivity index (χ3n) is 6.15. The lowest BCUT2D eigenvalue weighted by Gasteiger charge is -2.23. The summed E-state index contributed by atoms with van der Waals surface area (Å²) in [5.41, 5.74) is 0.866. The van der Waals surface area contributed by atoms with Gasteiger partial charge in [0.2, 0.25) is 6.79 Å². The van der Waals surface area contributed by atoms with Gasteiger partial charge in [-0.25, -0.2) is 0 Å². The second-order valence-electron chi connectivity index (χ2n) is 8.18. The zero-order valence-electron chi connectivity index (χ0n) is 18.1. The van der Waals surface area contributed by atoms with Crippen LogP contribution in [0.3, 0.4) is 0 Å². The number of ether oxygens (including phenoxy) is 2. The average molecular weight is 453 g/mol. The molecule has 1 fully saturated rings. The molecule has 1 saturated heterocycles. The molecule has 7 nitrogen and oxygen atoms in total. The first kappa shape index (κ1) is 20.1. The number of nitrogens with zero attached hydrogens (tertiary/aromatic N) is 1. The van der Waals surface area contributed by atoms with Crippen LogP contribution in [0.25, 0.3) is 16.5 Å². The molecular weight excluding hydrogens is 434 g/mol. The monoisotopic (exact) mass is 453 g/mol. The number of anilines is 1. The third kappa shape index (κ3) is 2.97. The Balaban J connectivity index is 1.58. The van der Waals surface area contributed by atoms with Gasteiger partial charge in [0.05, 0.1) is 5.57 Å². The molecule has 6 rings (SSSR count). The van der Waals surface area contributed by atoms with E-state index in [-0.39, 0.29) is 18.1 Å². The Hall–Kier alpha value is -4.52. The van der Waals surface area contributed by atoms with Gasteiger partial charge in [-0.3, -0.25) is 14.5 Å². The van der Waals surface area contributed by atoms with Crippen LogP contribution in [-0.4, -0.2) is 23.6 Å². The van der Waals surface area contributed by atoms with E-state index in [0.29, 0.717) is 34.3 Å². The molecular formula is C27H19NO6. The lowest BCUT2D eigenvalue weighted by molar-refractivity contribution is -0.132. The molecule has 3 heterocycles. The number of rotatable bonds is 3. The minimum Gasteiger partial charge on any atom is -0.507 e.